The minimum atomic E-state index is -0.404. The normalized spacial score (nSPS) is 10.6. The molecule has 0 aromatic heterocycles. The summed E-state index contributed by atoms with van der Waals surface area (Å²) in [5, 5.41) is 2.75. The van der Waals surface area contributed by atoms with Crippen LogP contribution in [0.5, 0.6) is 5.75 Å². The fourth-order valence-electron chi connectivity index (χ4n) is 2.70. The molecule has 148 valence electrons. The van der Waals surface area contributed by atoms with Gasteiger partial charge in [-0.1, -0.05) is 84.9 Å². The summed E-state index contributed by atoms with van der Waals surface area (Å²) < 4.78 is 11.0. The van der Waals surface area contributed by atoms with E-state index in [0.717, 1.165) is 28.9 Å². The van der Waals surface area contributed by atoms with E-state index in [1.54, 1.807) is 0 Å². The Bertz CT molecular complexity index is 908. The van der Waals surface area contributed by atoms with Crippen LogP contribution in [-0.2, 0) is 18.0 Å². The number of carbonyl (C=O) groups is 1. The number of alkyl carbamates (subject to hydrolysis) is 1. The van der Waals surface area contributed by atoms with Crippen LogP contribution in [0, 0.1) is 0 Å². The minimum Gasteiger partial charge on any atom is -0.489 e. The average Bonchev–Trinajstić information content (AvgIpc) is 2.78. The topological polar surface area (TPSA) is 47.6 Å². The van der Waals surface area contributed by atoms with Gasteiger partial charge in [0, 0.05) is 6.54 Å². The first-order chi connectivity index (χ1) is 14.3. The second-order valence-electron chi connectivity index (χ2n) is 6.53. The molecule has 0 aliphatic heterocycles. The van der Waals surface area contributed by atoms with E-state index in [-0.39, 0.29) is 6.61 Å². The van der Waals surface area contributed by atoms with Crippen LogP contribution in [-0.4, -0.2) is 12.6 Å². The lowest BCUT2D eigenvalue weighted by Gasteiger charge is -2.07. The maximum Gasteiger partial charge on any atom is 0.407 e. The zero-order valence-corrected chi connectivity index (χ0v) is 16.3. The molecule has 3 rings (SSSR count). The summed E-state index contributed by atoms with van der Waals surface area (Å²) >= 11 is 0. The molecular formula is C25H25NO3. The molecule has 0 unspecified atom stereocenters. The van der Waals surface area contributed by atoms with Crippen molar-refractivity contribution in [3.05, 3.63) is 108 Å². The van der Waals surface area contributed by atoms with E-state index in [2.05, 4.69) is 5.32 Å². The van der Waals surface area contributed by atoms with Crippen molar-refractivity contribution in [2.24, 2.45) is 0 Å². The summed E-state index contributed by atoms with van der Waals surface area (Å²) in [7, 11) is 0. The minimum absolute atomic E-state index is 0.276. The zero-order valence-electron chi connectivity index (χ0n) is 16.3. The number of nitrogens with one attached hydrogen (secondary N) is 1. The number of hydrogen-bond acceptors (Lipinski definition) is 3. The molecule has 1 N–H and O–H groups in total. The van der Waals surface area contributed by atoms with Gasteiger partial charge >= 0.3 is 6.09 Å². The van der Waals surface area contributed by atoms with E-state index in [9.17, 15) is 4.79 Å². The van der Waals surface area contributed by atoms with Crippen LogP contribution in [0.3, 0.4) is 0 Å². The Kier molecular flexibility index (Phi) is 7.91. The molecule has 1 amide bonds. The predicted molar refractivity (Wildman–Crippen MR) is 115 cm³/mol. The van der Waals surface area contributed by atoms with E-state index in [1.165, 1.54) is 0 Å². The highest BCUT2D eigenvalue weighted by Crippen LogP contribution is 2.16. The molecule has 0 bridgehead atoms. The first-order valence-electron chi connectivity index (χ1n) is 9.67. The molecule has 0 aliphatic carbocycles. The fourth-order valence-corrected chi connectivity index (χ4v) is 2.70. The third-order valence-electron chi connectivity index (χ3n) is 4.21. The molecule has 3 aromatic carbocycles. The van der Waals surface area contributed by atoms with Crippen LogP contribution >= 0.6 is 0 Å². The maximum absolute atomic E-state index is 11.7. The van der Waals surface area contributed by atoms with Gasteiger partial charge in [-0.3, -0.25) is 0 Å². The molecule has 0 fully saturated rings. The Morgan fingerprint density at radius 2 is 1.52 bits per heavy atom. The van der Waals surface area contributed by atoms with Crippen molar-refractivity contribution in [1.82, 2.24) is 5.32 Å². The highest BCUT2D eigenvalue weighted by atomic mass is 16.5. The average molecular weight is 387 g/mol. The standard InChI is InChI=1S/C25H25NO3/c27-25(29-20-23-13-5-2-6-14-23)26-17-8-7-10-21-15-9-16-24(18-21)28-19-22-11-3-1-4-12-22/h1-7,9-16,18H,8,17,19-20H2,(H,26,27). The lowest BCUT2D eigenvalue weighted by atomic mass is 10.2. The van der Waals surface area contributed by atoms with Crippen molar-refractivity contribution in [2.45, 2.75) is 19.6 Å². The molecule has 29 heavy (non-hydrogen) atoms. The summed E-state index contributed by atoms with van der Waals surface area (Å²) in [6, 6.07) is 27.6. The molecule has 0 saturated heterocycles. The van der Waals surface area contributed by atoms with Crippen molar-refractivity contribution in [2.75, 3.05) is 6.54 Å². The monoisotopic (exact) mass is 387 g/mol. The van der Waals surface area contributed by atoms with Gasteiger partial charge < -0.3 is 14.8 Å². The zero-order chi connectivity index (χ0) is 20.2. The first kappa shape index (κ1) is 20.2. The van der Waals surface area contributed by atoms with Crippen molar-refractivity contribution in [3.8, 4) is 5.75 Å². The van der Waals surface area contributed by atoms with E-state index >= 15 is 0 Å². The molecular weight excluding hydrogens is 362 g/mol. The Morgan fingerprint density at radius 3 is 2.24 bits per heavy atom. The van der Waals surface area contributed by atoms with Crippen LogP contribution in [0.2, 0.25) is 0 Å². The SMILES string of the molecule is O=C(NCCC=Cc1cccc(OCc2ccccc2)c1)OCc1ccccc1. The van der Waals surface area contributed by atoms with Crippen LogP contribution in [0.4, 0.5) is 4.79 Å². The Hall–Kier alpha value is -3.53. The molecule has 0 heterocycles. The molecule has 4 heteroatoms. The Balaban J connectivity index is 1.36. The second kappa shape index (κ2) is 11.3. The molecule has 0 spiro atoms. The summed E-state index contributed by atoms with van der Waals surface area (Å²) in [6.45, 7) is 1.34. The van der Waals surface area contributed by atoms with Crippen LogP contribution in [0.25, 0.3) is 6.08 Å². The van der Waals surface area contributed by atoms with Crippen LogP contribution in [0.15, 0.2) is 91.0 Å². The number of benzene rings is 3. The van der Waals surface area contributed by atoms with Gasteiger partial charge in [-0.2, -0.15) is 0 Å². The van der Waals surface area contributed by atoms with Crippen molar-refractivity contribution in [3.63, 3.8) is 0 Å². The van der Waals surface area contributed by atoms with Gasteiger partial charge in [0.05, 0.1) is 0 Å². The van der Waals surface area contributed by atoms with E-state index in [1.807, 2.05) is 97.1 Å². The molecule has 0 aliphatic rings. The summed E-state index contributed by atoms with van der Waals surface area (Å²) in [5.41, 5.74) is 3.16. The van der Waals surface area contributed by atoms with Crippen molar-refractivity contribution >= 4 is 12.2 Å². The quantitative estimate of drug-likeness (QED) is 0.487. The van der Waals surface area contributed by atoms with Gasteiger partial charge in [-0.15, -0.1) is 0 Å². The lowest BCUT2D eigenvalue weighted by Crippen LogP contribution is -2.24. The number of hydrogen-bond donors (Lipinski definition) is 1. The summed E-state index contributed by atoms with van der Waals surface area (Å²) in [5.74, 6) is 0.832. The first-order valence-corrected chi connectivity index (χ1v) is 9.67. The number of amides is 1. The molecule has 3 aromatic rings. The van der Waals surface area contributed by atoms with Crippen molar-refractivity contribution < 1.29 is 14.3 Å². The van der Waals surface area contributed by atoms with E-state index in [0.29, 0.717) is 13.2 Å². The van der Waals surface area contributed by atoms with E-state index in [4.69, 9.17) is 9.47 Å². The van der Waals surface area contributed by atoms with Gasteiger partial charge in [0.25, 0.3) is 0 Å². The van der Waals surface area contributed by atoms with Gasteiger partial charge in [0.15, 0.2) is 0 Å². The maximum atomic E-state index is 11.7. The third kappa shape index (κ3) is 7.54. The van der Waals surface area contributed by atoms with Crippen molar-refractivity contribution in [1.29, 1.82) is 0 Å². The van der Waals surface area contributed by atoms with Crippen LogP contribution < -0.4 is 10.1 Å². The van der Waals surface area contributed by atoms with Gasteiger partial charge in [-0.25, -0.2) is 4.79 Å². The molecule has 0 radical (unpaired) electrons. The molecule has 0 atom stereocenters. The van der Waals surface area contributed by atoms with E-state index < -0.39 is 6.09 Å². The highest BCUT2D eigenvalue weighted by molar-refractivity contribution is 5.67. The van der Waals surface area contributed by atoms with Gasteiger partial charge in [0.2, 0.25) is 0 Å². The second-order valence-corrected chi connectivity index (χ2v) is 6.53. The van der Waals surface area contributed by atoms with Gasteiger partial charge in [-0.05, 0) is 35.2 Å². The largest absolute Gasteiger partial charge is 0.489 e. The van der Waals surface area contributed by atoms with Gasteiger partial charge in [0.1, 0.15) is 19.0 Å². The Morgan fingerprint density at radius 1 is 0.828 bits per heavy atom. The number of carbonyl (C=O) groups excluding carboxylic acids is 1. The lowest BCUT2D eigenvalue weighted by molar-refractivity contribution is 0.140. The smallest absolute Gasteiger partial charge is 0.407 e. The summed E-state index contributed by atoms with van der Waals surface area (Å²) in [4.78, 5) is 11.7. The summed E-state index contributed by atoms with van der Waals surface area (Å²) in [6.07, 6.45) is 4.36. The fraction of sp³-hybridized carbons (Fsp3) is 0.160. The predicted octanol–water partition coefficient (Wildman–Crippen LogP) is 5.60. The number of rotatable bonds is 9. The highest BCUT2D eigenvalue weighted by Gasteiger charge is 2.01. The molecule has 0 saturated carbocycles. The Labute approximate surface area is 171 Å². The van der Waals surface area contributed by atoms with Crippen LogP contribution in [0.1, 0.15) is 23.1 Å². The molecule has 4 nitrogen and oxygen atoms in total. The third-order valence-corrected chi connectivity index (χ3v) is 4.21. The number of ether oxygens (including phenoxy) is 2.